The van der Waals surface area contributed by atoms with Crippen LogP contribution < -0.4 is 4.90 Å². The Labute approximate surface area is 334 Å². The van der Waals surface area contributed by atoms with Gasteiger partial charge in [-0.15, -0.1) is 0 Å². The SMILES string of the molecule is c1ccc(-c2cccc(-c3ccc(N(c4ccc(-c5c(-c6ccccc6)ccc6ccccc56)cc4)c4cccc(-c5cccc6ccccc56)c4)cc3)c2)cc1. The van der Waals surface area contributed by atoms with Gasteiger partial charge >= 0.3 is 0 Å². The Hall–Kier alpha value is -7.48. The molecule has 268 valence electrons. The number of fused-ring (bicyclic) bond motifs is 2. The summed E-state index contributed by atoms with van der Waals surface area (Å²) in [7, 11) is 0. The smallest absolute Gasteiger partial charge is 0.0467 e. The summed E-state index contributed by atoms with van der Waals surface area (Å²) in [6.45, 7) is 0. The first-order chi connectivity index (χ1) is 28.3. The van der Waals surface area contributed by atoms with E-state index in [4.69, 9.17) is 0 Å². The van der Waals surface area contributed by atoms with Gasteiger partial charge in [-0.05, 0) is 120 Å². The highest BCUT2D eigenvalue weighted by molar-refractivity contribution is 6.04. The van der Waals surface area contributed by atoms with E-state index in [9.17, 15) is 0 Å². The van der Waals surface area contributed by atoms with Gasteiger partial charge in [0.25, 0.3) is 0 Å². The van der Waals surface area contributed by atoms with E-state index in [2.05, 4.69) is 241 Å². The van der Waals surface area contributed by atoms with Crippen molar-refractivity contribution >= 4 is 38.6 Å². The molecule has 10 aromatic rings. The van der Waals surface area contributed by atoms with Crippen LogP contribution in [0, 0.1) is 0 Å². The molecule has 1 nitrogen and oxygen atoms in total. The fourth-order valence-electron chi connectivity index (χ4n) is 8.27. The molecule has 0 atom stereocenters. The van der Waals surface area contributed by atoms with E-state index < -0.39 is 0 Å². The first kappa shape index (κ1) is 34.0. The van der Waals surface area contributed by atoms with Crippen molar-refractivity contribution in [2.45, 2.75) is 0 Å². The molecule has 0 aliphatic rings. The molecule has 0 bridgehead atoms. The van der Waals surface area contributed by atoms with Crippen LogP contribution in [-0.2, 0) is 0 Å². The largest absolute Gasteiger partial charge is 0.310 e. The Balaban J connectivity index is 1.09. The molecule has 0 saturated carbocycles. The van der Waals surface area contributed by atoms with Crippen molar-refractivity contribution in [2.24, 2.45) is 0 Å². The van der Waals surface area contributed by atoms with E-state index in [1.807, 2.05) is 0 Å². The van der Waals surface area contributed by atoms with E-state index in [0.717, 1.165) is 17.1 Å². The molecule has 0 fully saturated rings. The Bertz CT molecular complexity index is 2980. The lowest BCUT2D eigenvalue weighted by molar-refractivity contribution is 1.28. The molecular weight excluding hydrogens is 687 g/mol. The average Bonchev–Trinajstić information content (AvgIpc) is 3.30. The first-order valence-corrected chi connectivity index (χ1v) is 19.6. The van der Waals surface area contributed by atoms with Gasteiger partial charge in [0, 0.05) is 17.1 Å². The normalized spacial score (nSPS) is 11.2. The zero-order chi connectivity index (χ0) is 38.0. The molecule has 0 unspecified atom stereocenters. The molecule has 0 aliphatic carbocycles. The molecule has 0 aliphatic heterocycles. The average molecular weight is 726 g/mol. The van der Waals surface area contributed by atoms with Crippen LogP contribution in [0.4, 0.5) is 17.1 Å². The highest BCUT2D eigenvalue weighted by atomic mass is 15.1. The maximum atomic E-state index is 2.38. The van der Waals surface area contributed by atoms with Crippen LogP contribution in [0.3, 0.4) is 0 Å². The monoisotopic (exact) mass is 725 g/mol. The van der Waals surface area contributed by atoms with Gasteiger partial charge in [0.2, 0.25) is 0 Å². The van der Waals surface area contributed by atoms with Gasteiger partial charge in [0.05, 0.1) is 0 Å². The zero-order valence-corrected chi connectivity index (χ0v) is 31.5. The summed E-state index contributed by atoms with van der Waals surface area (Å²) in [6.07, 6.45) is 0. The number of hydrogen-bond acceptors (Lipinski definition) is 1. The molecule has 0 heterocycles. The number of nitrogens with zero attached hydrogens (tertiary/aromatic N) is 1. The number of rotatable bonds is 8. The predicted molar refractivity (Wildman–Crippen MR) is 243 cm³/mol. The van der Waals surface area contributed by atoms with Crippen LogP contribution >= 0.6 is 0 Å². The minimum atomic E-state index is 1.09. The third kappa shape index (κ3) is 6.66. The summed E-state index contributed by atoms with van der Waals surface area (Å²) in [5.41, 5.74) is 15.4. The van der Waals surface area contributed by atoms with Crippen LogP contribution in [0.25, 0.3) is 77.2 Å². The predicted octanol–water partition coefficient (Wildman–Crippen LogP) is 15.8. The Morgan fingerprint density at radius 3 is 1.42 bits per heavy atom. The van der Waals surface area contributed by atoms with Gasteiger partial charge in [-0.3, -0.25) is 0 Å². The van der Waals surface area contributed by atoms with Gasteiger partial charge in [0.15, 0.2) is 0 Å². The van der Waals surface area contributed by atoms with Crippen LogP contribution in [0.2, 0.25) is 0 Å². The van der Waals surface area contributed by atoms with Crippen molar-refractivity contribution in [3.63, 3.8) is 0 Å². The Morgan fingerprint density at radius 1 is 0.228 bits per heavy atom. The van der Waals surface area contributed by atoms with E-state index in [1.54, 1.807) is 0 Å². The summed E-state index contributed by atoms with van der Waals surface area (Å²) in [4.78, 5) is 2.38. The molecular formula is C56H39N. The fraction of sp³-hybridized carbons (Fsp3) is 0. The highest BCUT2D eigenvalue weighted by Crippen LogP contribution is 2.42. The molecule has 0 aromatic heterocycles. The van der Waals surface area contributed by atoms with Crippen molar-refractivity contribution in [1.29, 1.82) is 0 Å². The molecule has 0 N–H and O–H groups in total. The zero-order valence-electron chi connectivity index (χ0n) is 31.5. The van der Waals surface area contributed by atoms with Gasteiger partial charge in [-0.1, -0.05) is 194 Å². The maximum absolute atomic E-state index is 2.38. The van der Waals surface area contributed by atoms with E-state index in [0.29, 0.717) is 0 Å². The molecule has 0 spiro atoms. The Morgan fingerprint density at radius 2 is 0.719 bits per heavy atom. The van der Waals surface area contributed by atoms with Crippen molar-refractivity contribution in [2.75, 3.05) is 4.90 Å². The minimum absolute atomic E-state index is 1.09. The summed E-state index contributed by atoms with van der Waals surface area (Å²) in [6, 6.07) is 85.6. The van der Waals surface area contributed by atoms with Gasteiger partial charge in [0.1, 0.15) is 0 Å². The molecule has 0 radical (unpaired) electrons. The third-order valence-electron chi connectivity index (χ3n) is 11.1. The second-order valence-corrected chi connectivity index (χ2v) is 14.5. The molecule has 0 amide bonds. The summed E-state index contributed by atoms with van der Waals surface area (Å²) >= 11 is 0. The van der Waals surface area contributed by atoms with Gasteiger partial charge in [-0.2, -0.15) is 0 Å². The lowest BCUT2D eigenvalue weighted by atomic mass is 9.89. The van der Waals surface area contributed by atoms with Crippen LogP contribution in [0.15, 0.2) is 237 Å². The van der Waals surface area contributed by atoms with E-state index in [1.165, 1.54) is 77.2 Å². The maximum Gasteiger partial charge on any atom is 0.0467 e. The highest BCUT2D eigenvalue weighted by Gasteiger charge is 2.17. The quantitative estimate of drug-likeness (QED) is 0.151. The Kier molecular flexibility index (Phi) is 8.95. The first-order valence-electron chi connectivity index (χ1n) is 19.6. The van der Waals surface area contributed by atoms with E-state index >= 15 is 0 Å². The lowest BCUT2D eigenvalue weighted by Gasteiger charge is -2.27. The summed E-state index contributed by atoms with van der Waals surface area (Å²) < 4.78 is 0. The minimum Gasteiger partial charge on any atom is -0.310 e. The lowest BCUT2D eigenvalue weighted by Crippen LogP contribution is -2.10. The standard InChI is InChI=1S/C56H39N/c1-3-14-40(15-4-1)46-21-11-22-47(38-46)41-28-33-49(34-29-41)57(51-24-12-23-48(39-51)53-27-13-20-42-18-7-9-25-52(42)53)50-35-30-45(31-36-50)56-54-26-10-8-19-44(54)32-37-55(56)43-16-5-2-6-17-43/h1-39H. The van der Waals surface area contributed by atoms with Gasteiger partial charge < -0.3 is 4.90 Å². The molecule has 57 heavy (non-hydrogen) atoms. The van der Waals surface area contributed by atoms with Crippen molar-refractivity contribution in [1.82, 2.24) is 0 Å². The van der Waals surface area contributed by atoms with Crippen LogP contribution in [0.1, 0.15) is 0 Å². The van der Waals surface area contributed by atoms with Crippen molar-refractivity contribution < 1.29 is 0 Å². The third-order valence-corrected chi connectivity index (χ3v) is 11.1. The molecule has 0 saturated heterocycles. The van der Waals surface area contributed by atoms with Crippen molar-refractivity contribution in [3.8, 4) is 55.6 Å². The topological polar surface area (TPSA) is 3.24 Å². The van der Waals surface area contributed by atoms with Crippen LogP contribution in [-0.4, -0.2) is 0 Å². The molecule has 10 aromatic carbocycles. The summed E-state index contributed by atoms with van der Waals surface area (Å²) in [5, 5.41) is 4.97. The fourth-order valence-corrected chi connectivity index (χ4v) is 8.27. The van der Waals surface area contributed by atoms with E-state index in [-0.39, 0.29) is 0 Å². The van der Waals surface area contributed by atoms with Crippen LogP contribution in [0.5, 0.6) is 0 Å². The summed E-state index contributed by atoms with van der Waals surface area (Å²) in [5.74, 6) is 0. The molecule has 1 heteroatoms. The second kappa shape index (κ2) is 15.0. The molecule has 10 rings (SSSR count). The number of anilines is 3. The number of hydrogen-bond donors (Lipinski definition) is 0. The number of benzene rings is 10. The van der Waals surface area contributed by atoms with Crippen molar-refractivity contribution in [3.05, 3.63) is 237 Å². The second-order valence-electron chi connectivity index (χ2n) is 14.5. The van der Waals surface area contributed by atoms with Gasteiger partial charge in [-0.25, -0.2) is 0 Å².